The van der Waals surface area contributed by atoms with Crippen LogP contribution in [0.4, 0.5) is 0 Å². The topological polar surface area (TPSA) is 26.8 Å². The van der Waals surface area contributed by atoms with Crippen LogP contribution in [0, 0.1) is 0 Å². The summed E-state index contributed by atoms with van der Waals surface area (Å²) in [6.45, 7) is 8.62. The summed E-state index contributed by atoms with van der Waals surface area (Å²) in [5.41, 5.74) is 0. The fraction of sp³-hybridized carbons (Fsp3) is 1.00. The van der Waals surface area contributed by atoms with E-state index in [9.17, 15) is 4.57 Å². The van der Waals surface area contributed by atoms with E-state index < -0.39 is 7.59 Å². The third-order valence-electron chi connectivity index (χ3n) is 4.83. The monoisotopic (exact) mass is 287 g/mol. The van der Waals surface area contributed by atoms with Gasteiger partial charge in [0.25, 0.3) is 7.59 Å². The number of rotatable bonds is 3. The molecule has 2 fully saturated rings. The van der Waals surface area contributed by atoms with Gasteiger partial charge in [-0.1, -0.05) is 12.8 Å². The molecule has 0 radical (unpaired) electrons. The normalized spacial score (nSPS) is 32.5. The van der Waals surface area contributed by atoms with Gasteiger partial charge in [-0.15, -0.1) is 0 Å². The standard InChI is InChI=1S/C14H30N3OP/c1-11(2)17(12(3)4)19(18)15(5)13-9-7-8-10-14(13)16(19)6/h11-14H,7-10H2,1-6H3/t13-,14-/m1/s1. The molecule has 0 spiro atoms. The van der Waals surface area contributed by atoms with Crippen molar-refractivity contribution in [3.63, 3.8) is 0 Å². The van der Waals surface area contributed by atoms with Crippen molar-refractivity contribution in [2.75, 3.05) is 14.1 Å². The highest BCUT2D eigenvalue weighted by atomic mass is 31.2. The lowest BCUT2D eigenvalue weighted by Crippen LogP contribution is -2.41. The Morgan fingerprint density at radius 1 is 0.947 bits per heavy atom. The average Bonchev–Trinajstić information content (AvgIpc) is 2.52. The SMILES string of the molecule is CC(C)N(C(C)C)P1(=O)N(C)[C@@H]2CCCC[C@H]2N1C. The Morgan fingerprint density at radius 3 is 1.63 bits per heavy atom. The average molecular weight is 287 g/mol. The molecule has 0 aromatic rings. The first-order valence-corrected chi connectivity index (χ1v) is 9.23. The summed E-state index contributed by atoms with van der Waals surface area (Å²) in [5.74, 6) is 0. The molecule has 0 amide bonds. The molecule has 1 saturated carbocycles. The summed E-state index contributed by atoms with van der Waals surface area (Å²) in [7, 11) is 1.57. The van der Waals surface area contributed by atoms with Gasteiger partial charge >= 0.3 is 0 Å². The molecular formula is C14H30N3OP. The molecule has 4 nitrogen and oxygen atoms in total. The smallest absolute Gasteiger partial charge is 0.270 e. The molecule has 112 valence electrons. The van der Waals surface area contributed by atoms with Gasteiger partial charge < -0.3 is 0 Å². The second-order valence-electron chi connectivity index (χ2n) is 6.65. The van der Waals surface area contributed by atoms with Gasteiger partial charge in [0.05, 0.1) is 0 Å². The molecule has 0 bridgehead atoms. The van der Waals surface area contributed by atoms with E-state index in [0.717, 1.165) is 0 Å². The summed E-state index contributed by atoms with van der Waals surface area (Å²) in [5, 5.41) is 0. The Hall–Kier alpha value is 0.110. The van der Waals surface area contributed by atoms with Gasteiger partial charge in [0.2, 0.25) is 0 Å². The third kappa shape index (κ3) is 2.31. The quantitative estimate of drug-likeness (QED) is 0.743. The zero-order valence-electron chi connectivity index (χ0n) is 13.3. The van der Waals surface area contributed by atoms with Crippen LogP contribution >= 0.6 is 7.59 Å². The Kier molecular flexibility index (Phi) is 4.47. The Bertz CT molecular complexity index is 342. The lowest BCUT2D eigenvalue weighted by Gasteiger charge is -2.41. The first kappa shape index (κ1) is 15.5. The van der Waals surface area contributed by atoms with Crippen LogP contribution in [0.2, 0.25) is 0 Å². The molecule has 0 aromatic carbocycles. The lowest BCUT2D eigenvalue weighted by atomic mass is 9.91. The zero-order valence-corrected chi connectivity index (χ0v) is 14.2. The molecule has 1 saturated heterocycles. The predicted octanol–water partition coefficient (Wildman–Crippen LogP) is 3.40. The van der Waals surface area contributed by atoms with Crippen LogP contribution in [0.15, 0.2) is 0 Å². The summed E-state index contributed by atoms with van der Waals surface area (Å²) in [4.78, 5) is 0. The van der Waals surface area contributed by atoms with Crippen LogP contribution in [0.3, 0.4) is 0 Å². The van der Waals surface area contributed by atoms with Gasteiger partial charge in [0.15, 0.2) is 0 Å². The third-order valence-corrected chi connectivity index (χ3v) is 8.60. The summed E-state index contributed by atoms with van der Waals surface area (Å²) in [6, 6.07) is 1.56. The van der Waals surface area contributed by atoms with Crippen molar-refractivity contribution >= 4 is 7.59 Å². The fourth-order valence-corrected chi connectivity index (χ4v) is 7.71. The van der Waals surface area contributed by atoms with Crippen molar-refractivity contribution in [1.29, 1.82) is 0 Å². The molecule has 0 N–H and O–H groups in total. The number of hydrogen-bond acceptors (Lipinski definition) is 1. The van der Waals surface area contributed by atoms with Crippen molar-refractivity contribution in [1.82, 2.24) is 14.0 Å². The second-order valence-corrected chi connectivity index (χ2v) is 9.40. The van der Waals surface area contributed by atoms with Crippen LogP contribution < -0.4 is 0 Å². The van der Waals surface area contributed by atoms with Crippen LogP contribution in [-0.4, -0.2) is 52.3 Å². The number of fused-ring (bicyclic) bond motifs is 1. The number of nitrogens with zero attached hydrogens (tertiary/aromatic N) is 3. The van der Waals surface area contributed by atoms with Crippen LogP contribution in [0.25, 0.3) is 0 Å². The van der Waals surface area contributed by atoms with Crippen LogP contribution in [0.1, 0.15) is 53.4 Å². The predicted molar refractivity (Wildman–Crippen MR) is 81.3 cm³/mol. The van der Waals surface area contributed by atoms with Gasteiger partial charge in [-0.2, -0.15) is 0 Å². The minimum Gasteiger partial charge on any atom is -0.270 e. The minimum atomic E-state index is -2.58. The molecule has 19 heavy (non-hydrogen) atoms. The second kappa shape index (κ2) is 5.48. The van der Waals surface area contributed by atoms with Gasteiger partial charge in [0, 0.05) is 24.2 Å². The van der Waals surface area contributed by atoms with E-state index in [1.165, 1.54) is 25.7 Å². The zero-order chi connectivity index (χ0) is 14.4. The van der Waals surface area contributed by atoms with Crippen LogP contribution in [0.5, 0.6) is 0 Å². The molecule has 0 aromatic heterocycles. The molecule has 1 heterocycles. The lowest BCUT2D eigenvalue weighted by molar-refractivity contribution is 0.233. The summed E-state index contributed by atoms with van der Waals surface area (Å²) < 4.78 is 20.4. The van der Waals surface area contributed by atoms with Crippen molar-refractivity contribution in [3.8, 4) is 0 Å². The summed E-state index contributed by atoms with van der Waals surface area (Å²) in [6.07, 6.45) is 4.95. The molecular weight excluding hydrogens is 257 g/mol. The van der Waals surface area contributed by atoms with Crippen molar-refractivity contribution in [3.05, 3.63) is 0 Å². The maximum atomic E-state index is 13.8. The van der Waals surface area contributed by atoms with E-state index in [-0.39, 0.29) is 0 Å². The van der Waals surface area contributed by atoms with E-state index in [0.29, 0.717) is 24.2 Å². The van der Waals surface area contributed by atoms with Gasteiger partial charge in [0.1, 0.15) is 0 Å². The first-order chi connectivity index (χ1) is 8.81. The van der Waals surface area contributed by atoms with Gasteiger partial charge in [-0.05, 0) is 54.6 Å². The molecule has 5 heteroatoms. The fourth-order valence-electron chi connectivity index (χ4n) is 4.10. The molecule has 1 aliphatic heterocycles. The minimum absolute atomic E-state index is 0.302. The van der Waals surface area contributed by atoms with E-state index in [1.54, 1.807) is 0 Å². The van der Waals surface area contributed by atoms with Gasteiger partial charge in [-0.3, -0.25) is 4.57 Å². The Labute approximate surface area is 118 Å². The first-order valence-electron chi connectivity index (χ1n) is 7.67. The number of likely N-dealkylation sites (N-methyl/N-ethyl adjacent to an activating group) is 2. The molecule has 2 atom stereocenters. The number of hydrogen-bond donors (Lipinski definition) is 0. The highest BCUT2D eigenvalue weighted by Crippen LogP contribution is 2.65. The molecule has 2 aliphatic rings. The maximum absolute atomic E-state index is 13.8. The van der Waals surface area contributed by atoms with Crippen molar-refractivity contribution in [2.24, 2.45) is 0 Å². The molecule has 0 unspecified atom stereocenters. The van der Waals surface area contributed by atoms with E-state index in [2.05, 4.69) is 55.8 Å². The van der Waals surface area contributed by atoms with Crippen molar-refractivity contribution in [2.45, 2.75) is 77.5 Å². The van der Waals surface area contributed by atoms with Crippen molar-refractivity contribution < 1.29 is 4.57 Å². The van der Waals surface area contributed by atoms with E-state index in [4.69, 9.17) is 0 Å². The highest BCUT2D eigenvalue weighted by molar-refractivity contribution is 7.57. The highest BCUT2D eigenvalue weighted by Gasteiger charge is 2.55. The Morgan fingerprint density at radius 2 is 1.32 bits per heavy atom. The van der Waals surface area contributed by atoms with E-state index >= 15 is 0 Å². The van der Waals surface area contributed by atoms with Crippen LogP contribution in [-0.2, 0) is 4.57 Å². The van der Waals surface area contributed by atoms with Gasteiger partial charge in [-0.25, -0.2) is 14.0 Å². The maximum Gasteiger partial charge on any atom is 0.287 e. The molecule has 1 aliphatic carbocycles. The largest absolute Gasteiger partial charge is 0.287 e. The Balaban J connectivity index is 2.38. The molecule has 2 rings (SSSR count). The van der Waals surface area contributed by atoms with E-state index in [1.807, 2.05) is 0 Å². The summed E-state index contributed by atoms with van der Waals surface area (Å²) >= 11 is 0.